The number of nitrogens with one attached hydrogen (secondary N) is 1. The molecular formula is C26H35ClN2O4. The highest BCUT2D eigenvalue weighted by molar-refractivity contribution is 6.30. The van der Waals surface area contributed by atoms with Crippen molar-refractivity contribution in [2.75, 3.05) is 20.8 Å². The molecule has 2 aromatic carbocycles. The quantitative estimate of drug-likeness (QED) is 0.476. The average Bonchev–Trinajstić information content (AvgIpc) is 2.81. The van der Waals surface area contributed by atoms with Gasteiger partial charge in [0.25, 0.3) is 0 Å². The summed E-state index contributed by atoms with van der Waals surface area (Å²) in [6, 6.07) is 12.4. The van der Waals surface area contributed by atoms with E-state index in [2.05, 4.69) is 5.32 Å². The van der Waals surface area contributed by atoms with Crippen molar-refractivity contribution in [1.82, 2.24) is 10.2 Å². The van der Waals surface area contributed by atoms with E-state index in [-0.39, 0.29) is 18.2 Å². The van der Waals surface area contributed by atoms with Crippen LogP contribution in [-0.2, 0) is 22.6 Å². The molecule has 0 radical (unpaired) electrons. The fraction of sp³-hybridized carbons (Fsp3) is 0.462. The van der Waals surface area contributed by atoms with E-state index in [0.29, 0.717) is 48.4 Å². The average molecular weight is 475 g/mol. The van der Waals surface area contributed by atoms with Gasteiger partial charge in [-0.25, -0.2) is 0 Å². The van der Waals surface area contributed by atoms with Crippen LogP contribution in [0.4, 0.5) is 0 Å². The first kappa shape index (κ1) is 26.5. The van der Waals surface area contributed by atoms with Crippen LogP contribution in [0.15, 0.2) is 42.5 Å². The molecule has 0 saturated heterocycles. The van der Waals surface area contributed by atoms with Crippen LogP contribution in [-0.4, -0.2) is 43.5 Å². The zero-order valence-electron chi connectivity index (χ0n) is 20.2. The molecule has 2 aromatic rings. The highest BCUT2D eigenvalue weighted by Gasteiger charge is 2.28. The second-order valence-electron chi connectivity index (χ2n) is 8.40. The van der Waals surface area contributed by atoms with Crippen molar-refractivity contribution in [3.05, 3.63) is 58.6 Å². The monoisotopic (exact) mass is 474 g/mol. The molecule has 0 spiro atoms. The highest BCUT2D eigenvalue weighted by Crippen LogP contribution is 2.28. The van der Waals surface area contributed by atoms with Gasteiger partial charge in [0, 0.05) is 24.5 Å². The van der Waals surface area contributed by atoms with Gasteiger partial charge in [-0.2, -0.15) is 0 Å². The Hall–Kier alpha value is -2.73. The number of rotatable bonds is 12. The van der Waals surface area contributed by atoms with Crippen LogP contribution in [0.25, 0.3) is 0 Å². The van der Waals surface area contributed by atoms with Crippen LogP contribution in [0, 0.1) is 5.92 Å². The molecule has 1 atom stereocenters. The van der Waals surface area contributed by atoms with Gasteiger partial charge in [0.05, 0.1) is 14.2 Å². The molecule has 180 valence electrons. The van der Waals surface area contributed by atoms with Gasteiger partial charge in [-0.3, -0.25) is 9.59 Å². The SMILES string of the molecule is CC[C@H](C(=O)NCC(C)C)N(Cc1ccc(Cl)cc1)C(=O)CCc1ccc(OC)c(OC)c1. The lowest BCUT2D eigenvalue weighted by Gasteiger charge is -2.31. The second kappa shape index (κ2) is 13.1. The summed E-state index contributed by atoms with van der Waals surface area (Å²) in [6.45, 7) is 6.93. The first-order chi connectivity index (χ1) is 15.8. The standard InChI is InChI=1S/C26H35ClN2O4/c1-6-22(26(31)28-16-18(2)3)29(17-20-7-11-21(27)12-8-20)25(30)14-10-19-9-13-23(32-4)24(15-19)33-5/h7-9,11-13,15,18,22H,6,10,14,16-17H2,1-5H3,(H,28,31)/t22-/m1/s1. The molecule has 0 heterocycles. The van der Waals surface area contributed by atoms with Crippen molar-refractivity contribution >= 4 is 23.4 Å². The number of hydrogen-bond acceptors (Lipinski definition) is 4. The molecule has 0 saturated carbocycles. The van der Waals surface area contributed by atoms with Crippen molar-refractivity contribution in [2.24, 2.45) is 5.92 Å². The number of ether oxygens (including phenoxy) is 2. The molecule has 2 amide bonds. The van der Waals surface area contributed by atoms with Crippen LogP contribution < -0.4 is 14.8 Å². The normalized spacial score (nSPS) is 11.7. The van der Waals surface area contributed by atoms with E-state index in [1.807, 2.05) is 51.1 Å². The summed E-state index contributed by atoms with van der Waals surface area (Å²) in [5.41, 5.74) is 1.89. The first-order valence-corrected chi connectivity index (χ1v) is 11.7. The van der Waals surface area contributed by atoms with Crippen molar-refractivity contribution in [3.8, 4) is 11.5 Å². The maximum absolute atomic E-state index is 13.4. The minimum absolute atomic E-state index is 0.0775. The predicted octanol–water partition coefficient (Wildman–Crippen LogP) is 4.87. The van der Waals surface area contributed by atoms with E-state index in [1.165, 1.54) is 0 Å². The third-order valence-electron chi connectivity index (χ3n) is 5.41. The molecule has 0 fully saturated rings. The Bertz CT molecular complexity index is 915. The number of nitrogens with zero attached hydrogens (tertiary/aromatic N) is 1. The van der Waals surface area contributed by atoms with Crippen LogP contribution in [0.5, 0.6) is 11.5 Å². The van der Waals surface area contributed by atoms with E-state index in [4.69, 9.17) is 21.1 Å². The Morgan fingerprint density at radius 1 is 1.00 bits per heavy atom. The molecule has 0 unspecified atom stereocenters. The maximum atomic E-state index is 13.4. The van der Waals surface area contributed by atoms with Crippen LogP contribution in [0.1, 0.15) is 44.7 Å². The Morgan fingerprint density at radius 3 is 2.21 bits per heavy atom. The van der Waals surface area contributed by atoms with Gasteiger partial charge in [0.15, 0.2) is 11.5 Å². The van der Waals surface area contributed by atoms with E-state index in [9.17, 15) is 9.59 Å². The molecule has 7 heteroatoms. The topological polar surface area (TPSA) is 67.9 Å². The number of amides is 2. The molecule has 0 aliphatic rings. The highest BCUT2D eigenvalue weighted by atomic mass is 35.5. The molecule has 0 aliphatic heterocycles. The Balaban J connectivity index is 2.20. The molecule has 6 nitrogen and oxygen atoms in total. The van der Waals surface area contributed by atoms with E-state index < -0.39 is 6.04 Å². The lowest BCUT2D eigenvalue weighted by Crippen LogP contribution is -2.49. The third kappa shape index (κ3) is 7.97. The summed E-state index contributed by atoms with van der Waals surface area (Å²) in [6.07, 6.45) is 1.33. The third-order valence-corrected chi connectivity index (χ3v) is 5.66. The largest absolute Gasteiger partial charge is 0.493 e. The van der Waals surface area contributed by atoms with Gasteiger partial charge in [-0.1, -0.05) is 50.6 Å². The van der Waals surface area contributed by atoms with Gasteiger partial charge in [0.2, 0.25) is 11.8 Å². The van der Waals surface area contributed by atoms with E-state index >= 15 is 0 Å². The smallest absolute Gasteiger partial charge is 0.242 e. The van der Waals surface area contributed by atoms with Gasteiger partial charge in [-0.15, -0.1) is 0 Å². The summed E-state index contributed by atoms with van der Waals surface area (Å²) in [5.74, 6) is 1.40. The number of carbonyl (C=O) groups excluding carboxylic acids is 2. The molecule has 1 N–H and O–H groups in total. The second-order valence-corrected chi connectivity index (χ2v) is 8.84. The number of halogens is 1. The van der Waals surface area contributed by atoms with Crippen molar-refractivity contribution in [3.63, 3.8) is 0 Å². The zero-order chi connectivity index (χ0) is 24.4. The molecule has 0 aromatic heterocycles. The minimum Gasteiger partial charge on any atom is -0.493 e. The number of aryl methyl sites for hydroxylation is 1. The molecular weight excluding hydrogens is 440 g/mol. The van der Waals surface area contributed by atoms with Crippen LogP contribution in [0.3, 0.4) is 0 Å². The fourth-order valence-electron chi connectivity index (χ4n) is 3.56. The van der Waals surface area contributed by atoms with Gasteiger partial charge >= 0.3 is 0 Å². The molecule has 0 bridgehead atoms. The fourth-order valence-corrected chi connectivity index (χ4v) is 3.69. The Morgan fingerprint density at radius 2 is 1.64 bits per heavy atom. The molecule has 2 rings (SSSR count). The Labute approximate surface area is 202 Å². The first-order valence-electron chi connectivity index (χ1n) is 11.3. The van der Waals surface area contributed by atoms with Gasteiger partial charge in [-0.05, 0) is 54.2 Å². The van der Waals surface area contributed by atoms with Crippen molar-refractivity contribution in [1.29, 1.82) is 0 Å². The summed E-state index contributed by atoms with van der Waals surface area (Å²) >= 11 is 6.02. The van der Waals surface area contributed by atoms with Crippen molar-refractivity contribution < 1.29 is 19.1 Å². The number of methoxy groups -OCH3 is 2. The van der Waals surface area contributed by atoms with E-state index in [0.717, 1.165) is 11.1 Å². The van der Waals surface area contributed by atoms with E-state index in [1.54, 1.807) is 31.3 Å². The summed E-state index contributed by atoms with van der Waals surface area (Å²) in [4.78, 5) is 28.0. The van der Waals surface area contributed by atoms with Crippen LogP contribution >= 0.6 is 11.6 Å². The predicted molar refractivity (Wildman–Crippen MR) is 132 cm³/mol. The zero-order valence-corrected chi connectivity index (χ0v) is 20.9. The number of carbonyl (C=O) groups is 2. The summed E-state index contributed by atoms with van der Waals surface area (Å²) in [7, 11) is 3.17. The molecule has 0 aliphatic carbocycles. The lowest BCUT2D eigenvalue weighted by atomic mass is 10.1. The van der Waals surface area contributed by atoms with Gasteiger partial charge < -0.3 is 19.7 Å². The number of hydrogen-bond donors (Lipinski definition) is 1. The number of benzene rings is 2. The van der Waals surface area contributed by atoms with Crippen molar-refractivity contribution in [2.45, 2.75) is 52.6 Å². The Kier molecular flexibility index (Phi) is 10.5. The molecule has 33 heavy (non-hydrogen) atoms. The maximum Gasteiger partial charge on any atom is 0.242 e. The van der Waals surface area contributed by atoms with Crippen LogP contribution in [0.2, 0.25) is 5.02 Å². The summed E-state index contributed by atoms with van der Waals surface area (Å²) < 4.78 is 10.7. The minimum atomic E-state index is -0.544. The lowest BCUT2D eigenvalue weighted by molar-refractivity contribution is -0.141. The van der Waals surface area contributed by atoms with Gasteiger partial charge in [0.1, 0.15) is 6.04 Å². The summed E-state index contributed by atoms with van der Waals surface area (Å²) in [5, 5.41) is 3.61.